The van der Waals surface area contributed by atoms with Crippen molar-refractivity contribution in [2.24, 2.45) is 11.8 Å². The van der Waals surface area contributed by atoms with Gasteiger partial charge in [-0.15, -0.1) is 0 Å². The molecule has 1 N–H and O–H groups in total. The van der Waals surface area contributed by atoms with Gasteiger partial charge in [-0.3, -0.25) is 0 Å². The van der Waals surface area contributed by atoms with Crippen LogP contribution in [0.3, 0.4) is 0 Å². The second-order valence-electron chi connectivity index (χ2n) is 6.79. The summed E-state index contributed by atoms with van der Waals surface area (Å²) < 4.78 is 0. The highest BCUT2D eigenvalue weighted by Gasteiger charge is 2.27. The highest BCUT2D eigenvalue weighted by molar-refractivity contribution is 6.42. The van der Waals surface area contributed by atoms with Crippen LogP contribution in [0.4, 0.5) is 0 Å². The molecule has 0 aliphatic heterocycles. The molecule has 0 amide bonds. The monoisotopic (exact) mass is 325 g/mol. The average molecular weight is 326 g/mol. The molecule has 0 saturated heterocycles. The van der Waals surface area contributed by atoms with Gasteiger partial charge in [0, 0.05) is 6.04 Å². The third-order valence-corrected chi connectivity index (χ3v) is 5.78. The van der Waals surface area contributed by atoms with Gasteiger partial charge < -0.3 is 5.32 Å². The van der Waals surface area contributed by atoms with Crippen LogP contribution in [0, 0.1) is 11.8 Å². The molecule has 2 fully saturated rings. The molecule has 2 unspecified atom stereocenters. The summed E-state index contributed by atoms with van der Waals surface area (Å²) in [5.41, 5.74) is 1.34. The summed E-state index contributed by atoms with van der Waals surface area (Å²) in [6, 6.07) is 6.96. The van der Waals surface area contributed by atoms with Gasteiger partial charge in [0.25, 0.3) is 0 Å². The van der Waals surface area contributed by atoms with E-state index in [1.807, 2.05) is 6.07 Å². The van der Waals surface area contributed by atoms with Gasteiger partial charge in [-0.1, -0.05) is 48.5 Å². The second-order valence-corrected chi connectivity index (χ2v) is 7.61. The maximum Gasteiger partial charge on any atom is 0.0595 e. The minimum absolute atomic E-state index is 0.660. The summed E-state index contributed by atoms with van der Waals surface area (Å²) in [5.74, 6) is 1.61. The molecule has 0 radical (unpaired) electrons. The first kappa shape index (κ1) is 15.6. The van der Waals surface area contributed by atoms with Crippen molar-refractivity contribution in [1.82, 2.24) is 5.32 Å². The first-order chi connectivity index (χ1) is 10.2. The van der Waals surface area contributed by atoms with Crippen LogP contribution in [0.1, 0.15) is 50.5 Å². The lowest BCUT2D eigenvalue weighted by Gasteiger charge is -2.26. The summed E-state index contributed by atoms with van der Waals surface area (Å²) >= 11 is 12.2. The zero-order valence-electron chi connectivity index (χ0n) is 12.6. The smallest absolute Gasteiger partial charge is 0.0595 e. The molecule has 3 rings (SSSR count). The maximum atomic E-state index is 6.17. The van der Waals surface area contributed by atoms with Crippen molar-refractivity contribution >= 4 is 23.2 Å². The Morgan fingerprint density at radius 3 is 2.38 bits per heavy atom. The third kappa shape index (κ3) is 4.61. The van der Waals surface area contributed by atoms with Crippen LogP contribution in [-0.2, 0) is 6.42 Å². The number of nitrogens with one attached hydrogen (secondary N) is 1. The van der Waals surface area contributed by atoms with E-state index in [-0.39, 0.29) is 0 Å². The van der Waals surface area contributed by atoms with Crippen molar-refractivity contribution in [2.75, 3.05) is 6.54 Å². The quantitative estimate of drug-likeness (QED) is 0.706. The van der Waals surface area contributed by atoms with Gasteiger partial charge in [0.15, 0.2) is 0 Å². The normalized spacial score (nSPS) is 26.6. The van der Waals surface area contributed by atoms with Crippen molar-refractivity contribution in [3.63, 3.8) is 0 Å². The Morgan fingerprint density at radius 1 is 0.905 bits per heavy atom. The Hall–Kier alpha value is -0.240. The standard InChI is InChI=1S/C18H25Cl2N/c19-17-9-6-13(11-18(17)20)10-14-4-2-1-3-5-15(14)12-21-16-7-8-16/h6,9,11,14-16,21H,1-5,7-8,10,12H2. The lowest BCUT2D eigenvalue weighted by atomic mass is 9.83. The van der Waals surface area contributed by atoms with E-state index >= 15 is 0 Å². The molecule has 3 heteroatoms. The Bertz CT molecular complexity index is 470. The summed E-state index contributed by atoms with van der Waals surface area (Å²) in [5, 5.41) is 5.09. The van der Waals surface area contributed by atoms with E-state index in [1.54, 1.807) is 0 Å². The number of hydrogen-bond acceptors (Lipinski definition) is 1. The lowest BCUT2D eigenvalue weighted by Crippen LogP contribution is -2.30. The van der Waals surface area contributed by atoms with Gasteiger partial charge in [0.05, 0.1) is 10.0 Å². The molecular formula is C18H25Cl2N. The minimum atomic E-state index is 0.660. The molecule has 0 spiro atoms. The molecule has 2 aliphatic carbocycles. The van der Waals surface area contributed by atoms with Crippen molar-refractivity contribution in [1.29, 1.82) is 0 Å². The summed E-state index contributed by atoms with van der Waals surface area (Å²) in [4.78, 5) is 0. The molecular weight excluding hydrogens is 301 g/mol. The van der Waals surface area contributed by atoms with E-state index in [0.717, 1.165) is 24.3 Å². The largest absolute Gasteiger partial charge is 0.314 e. The Kier molecular flexibility index (Phi) is 5.48. The molecule has 0 aromatic heterocycles. The minimum Gasteiger partial charge on any atom is -0.314 e. The van der Waals surface area contributed by atoms with Crippen LogP contribution in [0.2, 0.25) is 10.0 Å². The van der Waals surface area contributed by atoms with Gasteiger partial charge >= 0.3 is 0 Å². The fraction of sp³-hybridized carbons (Fsp3) is 0.667. The zero-order valence-corrected chi connectivity index (χ0v) is 14.1. The predicted molar refractivity (Wildman–Crippen MR) is 91.3 cm³/mol. The summed E-state index contributed by atoms with van der Waals surface area (Å²) in [7, 11) is 0. The first-order valence-electron chi connectivity index (χ1n) is 8.39. The highest BCUT2D eigenvalue weighted by Crippen LogP contribution is 2.33. The lowest BCUT2D eigenvalue weighted by molar-refractivity contribution is 0.297. The molecule has 0 heterocycles. The molecule has 1 aromatic carbocycles. The van der Waals surface area contributed by atoms with E-state index in [4.69, 9.17) is 23.2 Å². The van der Waals surface area contributed by atoms with Crippen LogP contribution >= 0.6 is 23.2 Å². The zero-order chi connectivity index (χ0) is 14.7. The maximum absolute atomic E-state index is 6.17. The topological polar surface area (TPSA) is 12.0 Å². The molecule has 2 atom stereocenters. The van der Waals surface area contributed by atoms with Crippen molar-refractivity contribution in [3.8, 4) is 0 Å². The number of hydrogen-bond donors (Lipinski definition) is 1. The second kappa shape index (κ2) is 7.35. The SMILES string of the molecule is Clc1ccc(CC2CCCCCC2CNC2CC2)cc1Cl. The van der Waals surface area contributed by atoms with Crippen molar-refractivity contribution in [2.45, 2.75) is 57.4 Å². The Morgan fingerprint density at radius 2 is 1.67 bits per heavy atom. The fourth-order valence-electron chi connectivity index (χ4n) is 3.57. The van der Waals surface area contributed by atoms with Crippen LogP contribution in [0.25, 0.3) is 0 Å². The number of rotatable bonds is 5. The fourth-order valence-corrected chi connectivity index (χ4v) is 3.89. The summed E-state index contributed by atoms with van der Waals surface area (Å²) in [6.45, 7) is 1.21. The predicted octanol–water partition coefficient (Wildman–Crippen LogP) is 5.48. The number of halogens is 2. The Labute approximate surface area is 138 Å². The molecule has 116 valence electrons. The molecule has 1 aromatic rings. The first-order valence-corrected chi connectivity index (χ1v) is 9.15. The highest BCUT2D eigenvalue weighted by atomic mass is 35.5. The average Bonchev–Trinajstić information content (AvgIpc) is 3.29. The van der Waals surface area contributed by atoms with Crippen LogP contribution < -0.4 is 5.32 Å². The van der Waals surface area contributed by atoms with Gasteiger partial charge in [0.2, 0.25) is 0 Å². The van der Waals surface area contributed by atoms with Gasteiger partial charge in [-0.2, -0.15) is 0 Å². The van der Waals surface area contributed by atoms with E-state index < -0.39 is 0 Å². The molecule has 21 heavy (non-hydrogen) atoms. The van der Waals surface area contributed by atoms with E-state index in [9.17, 15) is 0 Å². The van der Waals surface area contributed by atoms with Crippen molar-refractivity contribution in [3.05, 3.63) is 33.8 Å². The number of benzene rings is 1. The molecule has 2 saturated carbocycles. The van der Waals surface area contributed by atoms with Crippen LogP contribution in [0.5, 0.6) is 0 Å². The summed E-state index contributed by atoms with van der Waals surface area (Å²) in [6.07, 6.45) is 10.8. The van der Waals surface area contributed by atoms with Gasteiger partial charge in [-0.05, 0) is 68.2 Å². The van der Waals surface area contributed by atoms with Gasteiger partial charge in [0.1, 0.15) is 0 Å². The van der Waals surface area contributed by atoms with E-state index in [2.05, 4.69) is 17.4 Å². The Balaban J connectivity index is 1.64. The molecule has 0 bridgehead atoms. The van der Waals surface area contributed by atoms with E-state index in [0.29, 0.717) is 10.0 Å². The van der Waals surface area contributed by atoms with Crippen LogP contribution in [0.15, 0.2) is 18.2 Å². The third-order valence-electron chi connectivity index (χ3n) is 5.04. The van der Waals surface area contributed by atoms with Crippen molar-refractivity contribution < 1.29 is 0 Å². The molecule has 1 nitrogen and oxygen atoms in total. The van der Waals surface area contributed by atoms with E-state index in [1.165, 1.54) is 57.1 Å². The molecule has 2 aliphatic rings. The van der Waals surface area contributed by atoms with Gasteiger partial charge in [-0.25, -0.2) is 0 Å². The van der Waals surface area contributed by atoms with Crippen LogP contribution in [-0.4, -0.2) is 12.6 Å².